The molecule has 4 rings (SSSR count). The van der Waals surface area contributed by atoms with Gasteiger partial charge in [-0.05, 0) is 35.4 Å². The van der Waals surface area contributed by atoms with Crippen molar-refractivity contribution in [2.45, 2.75) is 19.6 Å². The van der Waals surface area contributed by atoms with Crippen molar-refractivity contribution >= 4 is 28.5 Å². The molecule has 0 bridgehead atoms. The normalized spacial score (nSPS) is 11.1. The third-order valence-corrected chi connectivity index (χ3v) is 5.48. The van der Waals surface area contributed by atoms with Crippen LogP contribution in [-0.2, 0) is 19.6 Å². The number of benzene rings is 3. The quantitative estimate of drug-likeness (QED) is 0.415. The van der Waals surface area contributed by atoms with Gasteiger partial charge in [-0.2, -0.15) is 0 Å². The number of fused-ring (bicyclic) bond motifs is 1. The van der Waals surface area contributed by atoms with Gasteiger partial charge in [-0.25, -0.2) is 9.18 Å². The van der Waals surface area contributed by atoms with Crippen molar-refractivity contribution in [2.75, 3.05) is 0 Å². The highest BCUT2D eigenvalue weighted by Crippen LogP contribution is 2.29. The minimum absolute atomic E-state index is 0.239. The fourth-order valence-electron chi connectivity index (χ4n) is 3.69. The van der Waals surface area contributed by atoms with Crippen LogP contribution in [0.2, 0.25) is 5.02 Å². The van der Waals surface area contributed by atoms with Gasteiger partial charge in [0.2, 0.25) is 0 Å². The summed E-state index contributed by atoms with van der Waals surface area (Å²) in [6.45, 7) is 1.23. The van der Waals surface area contributed by atoms with Crippen LogP contribution in [0.25, 0.3) is 10.9 Å². The predicted molar refractivity (Wildman–Crippen MR) is 116 cm³/mol. The smallest absolute Gasteiger partial charge is 0.352 e. The highest BCUT2D eigenvalue weighted by molar-refractivity contribution is 6.31. The molecule has 3 aromatic carbocycles. The summed E-state index contributed by atoms with van der Waals surface area (Å²) < 4.78 is 14.9. The number of carboxylic acids is 1. The molecule has 0 unspecified atom stereocenters. The minimum atomic E-state index is -0.989. The van der Waals surface area contributed by atoms with E-state index in [1.54, 1.807) is 22.8 Å². The zero-order chi connectivity index (χ0) is 21.1. The van der Waals surface area contributed by atoms with E-state index in [9.17, 15) is 14.3 Å². The zero-order valence-corrected chi connectivity index (χ0v) is 16.9. The number of carboxylic acid groups (broad SMARTS) is 1. The Morgan fingerprint density at radius 3 is 2.40 bits per heavy atom. The monoisotopic (exact) mass is 422 g/mol. The molecule has 4 nitrogen and oxygen atoms in total. The third-order valence-electron chi connectivity index (χ3n) is 5.11. The van der Waals surface area contributed by atoms with Crippen molar-refractivity contribution in [1.29, 1.82) is 0 Å². The third kappa shape index (κ3) is 4.08. The molecule has 0 aliphatic rings. The van der Waals surface area contributed by atoms with E-state index in [-0.39, 0.29) is 11.5 Å². The topological polar surface area (TPSA) is 54.3 Å². The maximum absolute atomic E-state index is 13.1. The highest BCUT2D eigenvalue weighted by atomic mass is 35.5. The fraction of sp³-hybridized carbons (Fsp3) is 0.125. The van der Waals surface area contributed by atoms with E-state index in [2.05, 4.69) is 5.32 Å². The second-order valence-electron chi connectivity index (χ2n) is 7.06. The van der Waals surface area contributed by atoms with Crippen LogP contribution in [0.4, 0.5) is 4.39 Å². The number of carbonyl (C=O) groups is 1. The second kappa shape index (κ2) is 8.69. The summed E-state index contributed by atoms with van der Waals surface area (Å²) in [5, 5.41) is 14.8. The second-order valence-corrected chi connectivity index (χ2v) is 7.46. The van der Waals surface area contributed by atoms with E-state index in [0.29, 0.717) is 30.2 Å². The summed E-state index contributed by atoms with van der Waals surface area (Å²) in [6.07, 6.45) is 0. The Morgan fingerprint density at radius 2 is 1.67 bits per heavy atom. The van der Waals surface area contributed by atoms with Gasteiger partial charge in [0.1, 0.15) is 11.5 Å². The lowest BCUT2D eigenvalue weighted by Crippen LogP contribution is -2.17. The molecule has 0 radical (unpaired) electrons. The molecular formula is C24H20ClFN2O2. The first kappa shape index (κ1) is 20.1. The van der Waals surface area contributed by atoms with Crippen LogP contribution in [0.1, 0.15) is 27.2 Å². The molecule has 30 heavy (non-hydrogen) atoms. The van der Waals surface area contributed by atoms with Crippen LogP contribution in [0.15, 0.2) is 72.8 Å². The summed E-state index contributed by atoms with van der Waals surface area (Å²) in [4.78, 5) is 12.2. The fourth-order valence-corrected chi connectivity index (χ4v) is 3.89. The Morgan fingerprint density at radius 1 is 0.967 bits per heavy atom. The number of nitrogens with zero attached hydrogens (tertiary/aromatic N) is 1. The van der Waals surface area contributed by atoms with Gasteiger partial charge in [0.05, 0.1) is 0 Å². The van der Waals surface area contributed by atoms with E-state index >= 15 is 0 Å². The Kier molecular flexibility index (Phi) is 5.84. The average Bonchev–Trinajstić information content (AvgIpc) is 3.05. The molecule has 0 aliphatic carbocycles. The first-order chi connectivity index (χ1) is 14.5. The highest BCUT2D eigenvalue weighted by Gasteiger charge is 2.22. The van der Waals surface area contributed by atoms with E-state index in [4.69, 9.17) is 11.6 Å². The molecule has 4 aromatic rings. The van der Waals surface area contributed by atoms with Gasteiger partial charge in [-0.1, -0.05) is 60.1 Å². The van der Waals surface area contributed by atoms with Gasteiger partial charge in [-0.3, -0.25) is 0 Å². The Bertz CT molecular complexity index is 1200. The first-order valence-corrected chi connectivity index (χ1v) is 9.94. The van der Waals surface area contributed by atoms with Gasteiger partial charge in [0.15, 0.2) is 0 Å². The maximum atomic E-state index is 13.1. The number of hydrogen-bond donors (Lipinski definition) is 2. The van der Waals surface area contributed by atoms with Crippen LogP contribution >= 0.6 is 11.6 Å². The molecule has 0 atom stereocenters. The van der Waals surface area contributed by atoms with Crippen molar-refractivity contribution in [3.63, 3.8) is 0 Å². The van der Waals surface area contributed by atoms with Crippen molar-refractivity contribution in [3.05, 3.63) is 106 Å². The standard InChI is InChI=1S/C24H20ClFN2O2/c25-21-7-3-1-5-17(21)15-28-22-8-4-2-6-19(22)20(23(28)24(29)30)14-27-13-16-9-11-18(26)12-10-16/h1-12,27H,13-15H2,(H,29,30). The average molecular weight is 423 g/mol. The molecule has 0 spiro atoms. The number of hydrogen-bond acceptors (Lipinski definition) is 2. The molecule has 0 fully saturated rings. The molecule has 0 amide bonds. The summed E-state index contributed by atoms with van der Waals surface area (Å²) in [6, 6.07) is 21.3. The lowest BCUT2D eigenvalue weighted by Gasteiger charge is -2.11. The molecule has 0 saturated carbocycles. The number of nitrogens with one attached hydrogen (secondary N) is 1. The SMILES string of the molecule is O=C(O)c1c(CNCc2ccc(F)cc2)c2ccccc2n1Cc1ccccc1Cl. The van der Waals surface area contributed by atoms with E-state index < -0.39 is 5.97 Å². The number of para-hydroxylation sites is 1. The van der Waals surface area contributed by atoms with E-state index in [1.165, 1.54) is 12.1 Å². The number of aromatic nitrogens is 1. The molecule has 1 aromatic heterocycles. The summed E-state index contributed by atoms with van der Waals surface area (Å²) >= 11 is 6.33. The van der Waals surface area contributed by atoms with Crippen molar-refractivity contribution in [1.82, 2.24) is 9.88 Å². The first-order valence-electron chi connectivity index (χ1n) is 9.56. The van der Waals surface area contributed by atoms with Gasteiger partial charge in [0.25, 0.3) is 0 Å². The molecule has 2 N–H and O–H groups in total. The Hall–Kier alpha value is -3.15. The lowest BCUT2D eigenvalue weighted by atomic mass is 10.1. The summed E-state index contributed by atoms with van der Waals surface area (Å²) in [5.74, 6) is -1.27. The minimum Gasteiger partial charge on any atom is -0.477 e. The molecule has 152 valence electrons. The molecule has 0 saturated heterocycles. The molecule has 6 heteroatoms. The van der Waals surface area contributed by atoms with Gasteiger partial charge in [0, 0.05) is 41.1 Å². The van der Waals surface area contributed by atoms with Crippen LogP contribution in [0.5, 0.6) is 0 Å². The summed E-state index contributed by atoms with van der Waals surface area (Å²) in [7, 11) is 0. The van der Waals surface area contributed by atoms with Crippen molar-refractivity contribution in [2.24, 2.45) is 0 Å². The Labute approximate surface area is 178 Å². The van der Waals surface area contributed by atoms with Crippen molar-refractivity contribution in [3.8, 4) is 0 Å². The maximum Gasteiger partial charge on any atom is 0.352 e. The van der Waals surface area contributed by atoms with Gasteiger partial charge >= 0.3 is 5.97 Å². The lowest BCUT2D eigenvalue weighted by molar-refractivity contribution is 0.0684. The van der Waals surface area contributed by atoms with Crippen LogP contribution in [-0.4, -0.2) is 15.6 Å². The van der Waals surface area contributed by atoms with Crippen LogP contribution in [0.3, 0.4) is 0 Å². The molecular weight excluding hydrogens is 403 g/mol. The number of aromatic carboxylic acids is 1. The van der Waals surface area contributed by atoms with Gasteiger partial charge in [-0.15, -0.1) is 0 Å². The molecule has 1 heterocycles. The van der Waals surface area contributed by atoms with Crippen molar-refractivity contribution < 1.29 is 14.3 Å². The predicted octanol–water partition coefficient (Wildman–Crippen LogP) is 5.47. The summed E-state index contributed by atoms with van der Waals surface area (Å²) in [5.41, 5.74) is 3.57. The van der Waals surface area contributed by atoms with Gasteiger partial charge < -0.3 is 15.0 Å². The zero-order valence-electron chi connectivity index (χ0n) is 16.1. The van der Waals surface area contributed by atoms with Crippen LogP contribution in [0, 0.1) is 5.82 Å². The molecule has 0 aliphatic heterocycles. The largest absolute Gasteiger partial charge is 0.477 e. The van der Waals surface area contributed by atoms with E-state index in [1.807, 2.05) is 42.5 Å². The van der Waals surface area contributed by atoms with Crippen LogP contribution < -0.4 is 5.32 Å². The number of halogens is 2. The number of rotatable bonds is 7. The Balaban J connectivity index is 1.70. The van der Waals surface area contributed by atoms with E-state index in [0.717, 1.165) is 22.0 Å².